The zero-order valence-electron chi connectivity index (χ0n) is 9.63. The SMILES string of the molecule is CC(CC=S)=C1OC2CC(=O)N2C1C(=O)[O-].[Na+]. The Morgan fingerprint density at radius 2 is 2.35 bits per heavy atom. The molecular weight excluding hydrogens is 253 g/mol. The molecule has 0 radical (unpaired) electrons. The van der Waals surface area contributed by atoms with E-state index in [1.165, 1.54) is 10.3 Å². The number of carbonyl (C=O) groups is 2. The van der Waals surface area contributed by atoms with E-state index < -0.39 is 18.2 Å². The van der Waals surface area contributed by atoms with Crippen LogP contribution in [0.3, 0.4) is 0 Å². The number of ether oxygens (including phenoxy) is 1. The Kier molecular flexibility index (Phi) is 4.71. The van der Waals surface area contributed by atoms with E-state index in [1.807, 2.05) is 0 Å². The van der Waals surface area contributed by atoms with Crippen LogP contribution in [0.15, 0.2) is 11.3 Å². The van der Waals surface area contributed by atoms with Crippen molar-refractivity contribution < 1.29 is 49.0 Å². The van der Waals surface area contributed by atoms with Crippen LogP contribution in [-0.2, 0) is 14.3 Å². The molecule has 5 nitrogen and oxygen atoms in total. The van der Waals surface area contributed by atoms with Crippen molar-refractivity contribution in [2.75, 3.05) is 0 Å². The molecule has 2 aliphatic rings. The van der Waals surface area contributed by atoms with Gasteiger partial charge in [0.25, 0.3) is 0 Å². The zero-order chi connectivity index (χ0) is 11.9. The number of carboxylic acids is 1. The number of hydrogen-bond donors (Lipinski definition) is 0. The molecule has 0 aromatic heterocycles. The smallest absolute Gasteiger partial charge is 0.547 e. The van der Waals surface area contributed by atoms with Gasteiger partial charge in [0, 0.05) is 6.42 Å². The van der Waals surface area contributed by atoms with Crippen LogP contribution in [0.2, 0.25) is 0 Å². The third-order valence-corrected chi connectivity index (χ3v) is 2.94. The minimum absolute atomic E-state index is 0. The van der Waals surface area contributed by atoms with Gasteiger partial charge in [0.2, 0.25) is 5.91 Å². The van der Waals surface area contributed by atoms with Gasteiger partial charge in [-0.1, -0.05) is 12.2 Å². The molecular formula is C10H10NNaO4S. The number of rotatable bonds is 3. The summed E-state index contributed by atoms with van der Waals surface area (Å²) in [6.45, 7) is 1.74. The molecule has 2 fully saturated rings. The van der Waals surface area contributed by atoms with Gasteiger partial charge >= 0.3 is 29.6 Å². The fourth-order valence-electron chi connectivity index (χ4n) is 1.93. The average molecular weight is 263 g/mol. The number of thiocarbonyl (C=S) groups is 1. The molecule has 0 saturated carbocycles. The minimum Gasteiger partial charge on any atom is -0.547 e. The Morgan fingerprint density at radius 1 is 1.71 bits per heavy atom. The van der Waals surface area contributed by atoms with Crippen LogP contribution in [-0.4, -0.2) is 34.4 Å². The maximum absolute atomic E-state index is 11.3. The number of carboxylic acid groups (broad SMARTS) is 1. The van der Waals surface area contributed by atoms with Gasteiger partial charge in [-0.3, -0.25) is 9.69 Å². The monoisotopic (exact) mass is 263 g/mol. The molecule has 2 saturated heterocycles. The molecule has 0 aliphatic carbocycles. The van der Waals surface area contributed by atoms with Crippen LogP contribution in [0.5, 0.6) is 0 Å². The van der Waals surface area contributed by atoms with Crippen molar-refractivity contribution in [3.05, 3.63) is 11.3 Å². The predicted molar refractivity (Wildman–Crippen MR) is 56.1 cm³/mol. The van der Waals surface area contributed by atoms with Crippen molar-refractivity contribution >= 4 is 29.5 Å². The summed E-state index contributed by atoms with van der Waals surface area (Å²) >= 11 is 4.71. The van der Waals surface area contributed by atoms with E-state index in [-0.39, 0.29) is 41.9 Å². The first kappa shape index (κ1) is 14.6. The van der Waals surface area contributed by atoms with Gasteiger partial charge < -0.3 is 14.6 Å². The van der Waals surface area contributed by atoms with Gasteiger partial charge in [-0.25, -0.2) is 0 Å². The second-order valence-corrected chi connectivity index (χ2v) is 4.15. The number of amides is 1. The number of nitrogens with zero attached hydrogens (tertiary/aromatic N) is 1. The Balaban J connectivity index is 0.00000144. The van der Waals surface area contributed by atoms with Crippen molar-refractivity contribution in [1.82, 2.24) is 4.90 Å². The van der Waals surface area contributed by atoms with E-state index >= 15 is 0 Å². The van der Waals surface area contributed by atoms with Crippen molar-refractivity contribution in [2.24, 2.45) is 0 Å². The van der Waals surface area contributed by atoms with Gasteiger partial charge in [-0.15, -0.1) is 0 Å². The minimum atomic E-state index is -1.31. The third kappa shape index (κ3) is 2.40. The first-order chi connectivity index (χ1) is 7.56. The molecule has 2 unspecified atom stereocenters. The van der Waals surface area contributed by atoms with Crippen LogP contribution in [0.1, 0.15) is 19.8 Å². The van der Waals surface area contributed by atoms with Gasteiger partial charge in [-0.05, 0) is 17.9 Å². The van der Waals surface area contributed by atoms with E-state index in [0.717, 1.165) is 5.57 Å². The van der Waals surface area contributed by atoms with Crippen molar-refractivity contribution in [3.8, 4) is 0 Å². The molecule has 17 heavy (non-hydrogen) atoms. The Labute approximate surface area is 126 Å². The largest absolute Gasteiger partial charge is 1.00 e. The molecule has 2 rings (SSSR count). The van der Waals surface area contributed by atoms with Crippen LogP contribution >= 0.6 is 12.2 Å². The van der Waals surface area contributed by atoms with Gasteiger partial charge in [-0.2, -0.15) is 0 Å². The Morgan fingerprint density at radius 3 is 2.82 bits per heavy atom. The van der Waals surface area contributed by atoms with E-state index in [2.05, 4.69) is 0 Å². The van der Waals surface area contributed by atoms with Crippen molar-refractivity contribution in [1.29, 1.82) is 0 Å². The fraction of sp³-hybridized carbons (Fsp3) is 0.500. The standard InChI is InChI=1S/C10H11NO4S.Na/c1-5(2-3-16)9-8(10(13)14)11-6(12)4-7(11)15-9;/h3,7-8H,2,4H2,1H3,(H,13,14);/q;+1/p-1. The average Bonchev–Trinajstić information content (AvgIpc) is 2.51. The van der Waals surface area contributed by atoms with Crippen LogP contribution in [0.4, 0.5) is 0 Å². The molecule has 0 spiro atoms. The van der Waals surface area contributed by atoms with Crippen molar-refractivity contribution in [3.63, 3.8) is 0 Å². The van der Waals surface area contributed by atoms with Gasteiger partial charge in [0.1, 0.15) is 11.8 Å². The van der Waals surface area contributed by atoms with Crippen LogP contribution < -0.4 is 34.7 Å². The maximum Gasteiger partial charge on any atom is 1.00 e. The number of allylic oxidation sites excluding steroid dienone is 1. The summed E-state index contributed by atoms with van der Waals surface area (Å²) < 4.78 is 5.42. The zero-order valence-corrected chi connectivity index (χ0v) is 12.5. The Bertz CT molecular complexity index is 409. The van der Waals surface area contributed by atoms with Gasteiger partial charge in [0.05, 0.1) is 12.4 Å². The van der Waals surface area contributed by atoms with Gasteiger partial charge in [0.15, 0.2) is 6.23 Å². The number of aliphatic carboxylic acids is 1. The van der Waals surface area contributed by atoms with E-state index in [9.17, 15) is 14.7 Å². The van der Waals surface area contributed by atoms with E-state index in [1.54, 1.807) is 6.92 Å². The molecule has 2 heterocycles. The first-order valence-corrected chi connectivity index (χ1v) is 5.35. The quantitative estimate of drug-likeness (QED) is 0.298. The molecule has 2 aliphatic heterocycles. The number of hydrogen-bond acceptors (Lipinski definition) is 5. The molecule has 86 valence electrons. The summed E-state index contributed by atoms with van der Waals surface area (Å²) in [6, 6.07) is -1.08. The van der Waals surface area contributed by atoms with Crippen LogP contribution in [0, 0.1) is 0 Å². The van der Waals surface area contributed by atoms with Crippen molar-refractivity contribution in [2.45, 2.75) is 32.0 Å². The second-order valence-electron chi connectivity index (χ2n) is 3.81. The Hall–Kier alpha value is -0.430. The predicted octanol–water partition coefficient (Wildman–Crippen LogP) is -3.64. The molecule has 0 aromatic carbocycles. The normalized spacial score (nSPS) is 28.5. The molecule has 0 N–H and O–H groups in total. The molecule has 1 amide bonds. The summed E-state index contributed by atoms with van der Waals surface area (Å²) in [4.78, 5) is 23.5. The summed E-state index contributed by atoms with van der Waals surface area (Å²) in [7, 11) is 0. The molecule has 2 atom stereocenters. The third-order valence-electron chi connectivity index (χ3n) is 2.77. The van der Waals surface area contributed by atoms with E-state index in [0.29, 0.717) is 12.2 Å². The number of fused-ring (bicyclic) bond motifs is 1. The molecule has 0 aromatic rings. The summed E-state index contributed by atoms with van der Waals surface area (Å²) in [5.74, 6) is -1.23. The van der Waals surface area contributed by atoms with E-state index in [4.69, 9.17) is 17.0 Å². The second kappa shape index (κ2) is 5.48. The summed E-state index contributed by atoms with van der Waals surface area (Å²) in [6.07, 6.45) is 0.256. The summed E-state index contributed by atoms with van der Waals surface area (Å²) in [5, 5.41) is 12.5. The number of carbonyl (C=O) groups excluding carboxylic acids is 2. The first-order valence-electron chi connectivity index (χ1n) is 4.88. The number of β-lactam (4-membered cyclic amide) rings is 1. The molecule has 0 bridgehead atoms. The topological polar surface area (TPSA) is 69.7 Å². The van der Waals surface area contributed by atoms with Crippen LogP contribution in [0.25, 0.3) is 0 Å². The fourth-order valence-corrected chi connectivity index (χ4v) is 2.18. The maximum atomic E-state index is 11.3. The molecule has 7 heteroatoms. The summed E-state index contributed by atoms with van der Waals surface area (Å²) in [5.41, 5.74) is 0.728.